The largest absolute Gasteiger partial charge is 0.480 e. The van der Waals surface area contributed by atoms with Gasteiger partial charge in [0.2, 0.25) is 5.91 Å². The quantitative estimate of drug-likeness (QED) is 0.671. The molecule has 0 spiro atoms. The van der Waals surface area contributed by atoms with Crippen LogP contribution in [0.3, 0.4) is 0 Å². The van der Waals surface area contributed by atoms with E-state index in [0.717, 1.165) is 0 Å². The maximum absolute atomic E-state index is 12.2. The number of nitrogens with one attached hydrogen (secondary N) is 1. The van der Waals surface area contributed by atoms with Crippen molar-refractivity contribution in [2.45, 2.75) is 59.5 Å². The Morgan fingerprint density at radius 3 is 2.00 bits per heavy atom. The van der Waals surface area contributed by atoms with Crippen molar-refractivity contribution in [3.8, 4) is 0 Å². The summed E-state index contributed by atoms with van der Waals surface area (Å²) in [5.41, 5.74) is 4.40. The fourth-order valence-corrected chi connectivity index (χ4v) is 1.30. The van der Waals surface area contributed by atoms with Crippen molar-refractivity contribution in [1.82, 2.24) is 5.32 Å². The minimum Gasteiger partial charge on any atom is -0.480 e. The first-order valence-electron chi connectivity index (χ1n) is 6.27. The van der Waals surface area contributed by atoms with Crippen LogP contribution in [0.15, 0.2) is 0 Å². The molecule has 106 valence electrons. The molecule has 0 aromatic rings. The lowest BCUT2D eigenvalue weighted by Crippen LogP contribution is -2.58. The van der Waals surface area contributed by atoms with Crippen LogP contribution in [0.5, 0.6) is 0 Å². The molecule has 5 nitrogen and oxygen atoms in total. The number of carbonyl (C=O) groups excluding carboxylic acids is 1. The van der Waals surface area contributed by atoms with Crippen LogP contribution in [0.2, 0.25) is 0 Å². The number of carbonyl (C=O) groups is 2. The van der Waals surface area contributed by atoms with Gasteiger partial charge in [-0.3, -0.25) is 4.79 Å². The van der Waals surface area contributed by atoms with Crippen LogP contribution in [-0.2, 0) is 9.59 Å². The monoisotopic (exact) mass is 258 g/mol. The second-order valence-corrected chi connectivity index (χ2v) is 6.02. The third-order valence-electron chi connectivity index (χ3n) is 3.94. The lowest BCUT2D eigenvalue weighted by atomic mass is 9.74. The Kier molecular flexibility index (Phi) is 5.35. The van der Waals surface area contributed by atoms with E-state index in [-0.39, 0.29) is 11.8 Å². The summed E-state index contributed by atoms with van der Waals surface area (Å²) in [5.74, 6) is -1.46. The molecule has 0 saturated heterocycles. The summed E-state index contributed by atoms with van der Waals surface area (Å²) in [6.07, 6.45) is 0.684. The Morgan fingerprint density at radius 1 is 1.28 bits per heavy atom. The van der Waals surface area contributed by atoms with E-state index in [2.05, 4.69) is 5.32 Å². The molecule has 0 rings (SSSR count). The molecule has 0 bridgehead atoms. The Morgan fingerprint density at radius 2 is 1.72 bits per heavy atom. The van der Waals surface area contributed by atoms with Crippen molar-refractivity contribution in [3.05, 3.63) is 0 Å². The van der Waals surface area contributed by atoms with Gasteiger partial charge in [-0.1, -0.05) is 20.3 Å². The molecule has 4 N–H and O–H groups in total. The molecule has 0 unspecified atom stereocenters. The van der Waals surface area contributed by atoms with E-state index in [9.17, 15) is 9.59 Å². The molecule has 0 aromatic carbocycles. The number of rotatable bonds is 6. The maximum Gasteiger partial charge on any atom is 0.326 e. The van der Waals surface area contributed by atoms with Gasteiger partial charge in [-0.25, -0.2) is 4.79 Å². The lowest BCUT2D eigenvalue weighted by Gasteiger charge is -2.38. The van der Waals surface area contributed by atoms with Gasteiger partial charge >= 0.3 is 5.97 Å². The molecule has 0 saturated carbocycles. The molecule has 0 radical (unpaired) electrons. The van der Waals surface area contributed by atoms with Gasteiger partial charge in [-0.05, 0) is 33.6 Å². The van der Waals surface area contributed by atoms with Crippen LogP contribution in [0, 0.1) is 11.3 Å². The highest BCUT2D eigenvalue weighted by Gasteiger charge is 2.42. The third kappa shape index (κ3) is 3.70. The molecule has 0 aliphatic carbocycles. The van der Waals surface area contributed by atoms with Gasteiger partial charge in [0.25, 0.3) is 0 Å². The van der Waals surface area contributed by atoms with E-state index in [4.69, 9.17) is 10.8 Å². The molecule has 18 heavy (non-hydrogen) atoms. The topological polar surface area (TPSA) is 92.4 Å². The van der Waals surface area contributed by atoms with Gasteiger partial charge < -0.3 is 16.2 Å². The minimum absolute atomic E-state index is 0.122. The molecule has 0 aliphatic heterocycles. The zero-order valence-electron chi connectivity index (χ0n) is 12.2. The molecular formula is C13H26N2O3. The highest BCUT2D eigenvalue weighted by molar-refractivity contribution is 5.88. The van der Waals surface area contributed by atoms with Gasteiger partial charge in [-0.15, -0.1) is 0 Å². The predicted molar refractivity (Wildman–Crippen MR) is 71.1 cm³/mol. The van der Waals surface area contributed by atoms with Crippen LogP contribution in [0.1, 0.15) is 48.0 Å². The Bertz CT molecular complexity index is 319. The third-order valence-corrected chi connectivity index (χ3v) is 3.94. The number of hydrogen-bond acceptors (Lipinski definition) is 3. The van der Waals surface area contributed by atoms with E-state index >= 15 is 0 Å². The van der Waals surface area contributed by atoms with E-state index in [1.807, 2.05) is 6.92 Å². The number of hydrogen-bond donors (Lipinski definition) is 3. The summed E-state index contributed by atoms with van der Waals surface area (Å²) in [7, 11) is 0. The highest BCUT2D eigenvalue weighted by atomic mass is 16.4. The van der Waals surface area contributed by atoms with Crippen LogP contribution in [0.25, 0.3) is 0 Å². The van der Waals surface area contributed by atoms with E-state index in [1.165, 1.54) is 0 Å². The van der Waals surface area contributed by atoms with Gasteiger partial charge in [0.15, 0.2) is 0 Å². The molecule has 1 amide bonds. The van der Waals surface area contributed by atoms with Crippen molar-refractivity contribution in [1.29, 1.82) is 0 Å². The smallest absolute Gasteiger partial charge is 0.326 e. The average molecular weight is 258 g/mol. The van der Waals surface area contributed by atoms with E-state index < -0.39 is 23.0 Å². The molecule has 0 aromatic heterocycles. The number of amides is 1. The molecule has 2 atom stereocenters. The SMILES string of the molecule is CC[C@H](C)[C@H](NC(=O)C(C)(C)C(C)(C)N)C(=O)O. The van der Waals surface area contributed by atoms with Crippen molar-refractivity contribution < 1.29 is 14.7 Å². The van der Waals surface area contributed by atoms with Crippen LogP contribution < -0.4 is 11.1 Å². The summed E-state index contributed by atoms with van der Waals surface area (Å²) >= 11 is 0. The summed E-state index contributed by atoms with van der Waals surface area (Å²) < 4.78 is 0. The van der Waals surface area contributed by atoms with Crippen molar-refractivity contribution in [2.24, 2.45) is 17.1 Å². The summed E-state index contributed by atoms with van der Waals surface area (Å²) in [4.78, 5) is 23.4. The zero-order valence-corrected chi connectivity index (χ0v) is 12.2. The van der Waals surface area contributed by atoms with Crippen LogP contribution in [0.4, 0.5) is 0 Å². The highest BCUT2D eigenvalue weighted by Crippen LogP contribution is 2.28. The zero-order chi connectivity index (χ0) is 14.7. The second-order valence-electron chi connectivity index (χ2n) is 6.02. The van der Waals surface area contributed by atoms with E-state index in [0.29, 0.717) is 6.42 Å². The number of aliphatic carboxylic acids is 1. The number of nitrogens with two attached hydrogens (primary N) is 1. The van der Waals surface area contributed by atoms with Crippen molar-refractivity contribution in [2.75, 3.05) is 0 Å². The Labute approximate surface area is 109 Å². The maximum atomic E-state index is 12.2. The number of carboxylic acid groups (broad SMARTS) is 1. The molecule has 0 heterocycles. The lowest BCUT2D eigenvalue weighted by molar-refractivity contribution is -0.145. The average Bonchev–Trinajstić information content (AvgIpc) is 2.22. The standard InChI is InChI=1S/C13H26N2O3/c1-7-8(2)9(10(16)17)15-11(18)12(3,4)13(5,6)14/h8-9H,7,14H2,1-6H3,(H,15,18)(H,16,17)/t8-,9-/m0/s1. The van der Waals surface area contributed by atoms with Crippen LogP contribution in [-0.4, -0.2) is 28.6 Å². The molecular weight excluding hydrogens is 232 g/mol. The fourth-order valence-electron chi connectivity index (χ4n) is 1.30. The Hall–Kier alpha value is -1.10. The Balaban J connectivity index is 4.98. The van der Waals surface area contributed by atoms with Crippen molar-refractivity contribution >= 4 is 11.9 Å². The summed E-state index contributed by atoms with van der Waals surface area (Å²) in [5, 5.41) is 11.7. The predicted octanol–water partition coefficient (Wildman–Crippen LogP) is 1.37. The first kappa shape index (κ1) is 16.9. The fraction of sp³-hybridized carbons (Fsp3) is 0.846. The van der Waals surface area contributed by atoms with Gasteiger partial charge in [0, 0.05) is 5.54 Å². The van der Waals surface area contributed by atoms with Crippen LogP contribution >= 0.6 is 0 Å². The van der Waals surface area contributed by atoms with E-state index in [1.54, 1.807) is 34.6 Å². The number of carboxylic acids is 1. The molecule has 0 fully saturated rings. The minimum atomic E-state index is -1.01. The van der Waals surface area contributed by atoms with Gasteiger partial charge in [-0.2, -0.15) is 0 Å². The van der Waals surface area contributed by atoms with Gasteiger partial charge in [0.05, 0.1) is 5.41 Å². The summed E-state index contributed by atoms with van der Waals surface area (Å²) in [6.45, 7) is 10.7. The normalized spacial score (nSPS) is 15.9. The first-order chi connectivity index (χ1) is 7.95. The van der Waals surface area contributed by atoms with Gasteiger partial charge in [0.1, 0.15) is 6.04 Å². The van der Waals surface area contributed by atoms with Crippen molar-refractivity contribution in [3.63, 3.8) is 0 Å². The second kappa shape index (κ2) is 5.69. The summed E-state index contributed by atoms with van der Waals surface area (Å²) in [6, 6.07) is -0.871. The molecule has 5 heteroatoms. The molecule has 0 aliphatic rings. The first-order valence-corrected chi connectivity index (χ1v) is 6.27.